The van der Waals surface area contributed by atoms with Crippen molar-refractivity contribution < 1.29 is 0 Å². The molecule has 0 atom stereocenters. The summed E-state index contributed by atoms with van der Waals surface area (Å²) in [6.45, 7) is 0. The van der Waals surface area contributed by atoms with Gasteiger partial charge in [0.05, 0.1) is 0 Å². The lowest BCUT2D eigenvalue weighted by Gasteiger charge is -1.46. The second-order valence-electron chi connectivity index (χ2n) is 0.179. The second-order valence-corrected chi connectivity index (χ2v) is 0.358. The van der Waals surface area contributed by atoms with Gasteiger partial charge in [-0.2, -0.15) is 0 Å². The van der Waals surface area contributed by atoms with E-state index in [4.69, 9.17) is 5.84 Å². The summed E-state index contributed by atoms with van der Waals surface area (Å²) in [6.07, 6.45) is 0. The van der Waals surface area contributed by atoms with Crippen molar-refractivity contribution >= 4 is 12.8 Å². The third-order valence-corrected chi connectivity index (χ3v) is 0.120. The number of hydrogen-bond donors (Lipinski definition) is 1. The average molecular weight is 75.1 g/mol. The molecular formula is HN3S. The Labute approximate surface area is 29.4 Å². The molecule has 3 nitrogen and oxygen atoms in total. The Balaban J connectivity index is 2.55. The van der Waals surface area contributed by atoms with Crippen molar-refractivity contribution in [2.45, 2.75) is 0 Å². The molecule has 0 fully saturated rings. The quantitative estimate of drug-likeness (QED) is 0.244. The SMILES string of the molecule is [N]N=NS. The van der Waals surface area contributed by atoms with Crippen LogP contribution in [-0.2, 0) is 0 Å². The molecule has 22 valence electrons. The Morgan fingerprint density at radius 1 is 1.75 bits per heavy atom. The van der Waals surface area contributed by atoms with Gasteiger partial charge < -0.3 is 0 Å². The van der Waals surface area contributed by atoms with E-state index in [-0.39, 0.29) is 0 Å². The van der Waals surface area contributed by atoms with Gasteiger partial charge >= 0.3 is 0 Å². The molecule has 0 rings (SSSR count). The predicted molar refractivity (Wildman–Crippen MR) is 16.0 cm³/mol. The van der Waals surface area contributed by atoms with Crippen LogP contribution >= 0.6 is 12.8 Å². The molecule has 0 aromatic heterocycles. The largest absolute Gasteiger partial charge is 0.0978 e. The smallest absolute Gasteiger partial charge is 0.00108 e. The molecule has 0 spiro atoms. The second kappa shape index (κ2) is 2.75. The maximum Gasteiger partial charge on any atom is -0.00108 e. The van der Waals surface area contributed by atoms with Crippen LogP contribution in [0.15, 0.2) is 9.74 Å². The highest BCUT2D eigenvalue weighted by Gasteiger charge is 1.38. The molecular weight excluding hydrogens is 74.1 g/mol. The lowest BCUT2D eigenvalue weighted by Crippen LogP contribution is -1.39. The Morgan fingerprint density at radius 3 is 2.00 bits per heavy atom. The highest BCUT2D eigenvalue weighted by Crippen LogP contribution is 1.66. The van der Waals surface area contributed by atoms with Gasteiger partial charge in [0.1, 0.15) is 0 Å². The fourth-order valence-electron chi connectivity index (χ4n) is 0. The molecule has 0 bridgehead atoms. The molecule has 0 unspecified atom stereocenters. The molecule has 4 heteroatoms. The summed E-state index contributed by atoms with van der Waals surface area (Å²) in [7, 11) is 0. The van der Waals surface area contributed by atoms with E-state index in [1.807, 2.05) is 0 Å². The van der Waals surface area contributed by atoms with Crippen molar-refractivity contribution in [2.75, 3.05) is 0 Å². The summed E-state index contributed by atoms with van der Waals surface area (Å²) in [5.41, 5.74) is 0. The van der Waals surface area contributed by atoms with Crippen LogP contribution in [0.25, 0.3) is 0 Å². The van der Waals surface area contributed by atoms with Gasteiger partial charge in [-0.25, -0.2) is 0 Å². The summed E-state index contributed by atoms with van der Waals surface area (Å²) in [5, 5.41) is 2.23. The van der Waals surface area contributed by atoms with Gasteiger partial charge in [-0.1, -0.05) is 4.52 Å². The maximum atomic E-state index is 7.26. The molecule has 4 heavy (non-hydrogen) atoms. The highest BCUT2D eigenvalue weighted by atomic mass is 32.1. The van der Waals surface area contributed by atoms with E-state index < -0.39 is 0 Å². The van der Waals surface area contributed by atoms with E-state index in [1.54, 1.807) is 0 Å². The average Bonchev–Trinajstić information content (AvgIpc) is 1.37. The third-order valence-electron chi connectivity index (χ3n) is 0.0400. The van der Waals surface area contributed by atoms with E-state index in [2.05, 4.69) is 22.6 Å². The molecule has 0 amide bonds. The Bertz CT molecular complexity index is 18.5. The third kappa shape index (κ3) is 1.75. The normalized spacial score (nSPS) is 9.25. The van der Waals surface area contributed by atoms with Crippen LogP contribution < -0.4 is 5.84 Å². The molecule has 2 radical (unpaired) electrons. The minimum absolute atomic E-state index is 2.23. The molecule has 0 saturated carbocycles. The van der Waals surface area contributed by atoms with Gasteiger partial charge in [-0.05, 0) is 23.9 Å². The minimum Gasteiger partial charge on any atom is -0.0978 e. The molecule has 0 aliphatic rings. The number of hydrogen-bond acceptors (Lipinski definition) is 2. The topological polar surface area (TPSA) is 47.0 Å². The van der Waals surface area contributed by atoms with Crippen molar-refractivity contribution in [2.24, 2.45) is 9.74 Å². The zero-order valence-corrected chi connectivity index (χ0v) is 2.68. The molecule has 0 aromatic carbocycles. The predicted octanol–water partition coefficient (Wildman–Crippen LogP) is 0.267. The van der Waals surface area contributed by atoms with Gasteiger partial charge in [-0.3, -0.25) is 0 Å². The number of thiol groups is 1. The van der Waals surface area contributed by atoms with Crippen molar-refractivity contribution in [3.8, 4) is 0 Å². The van der Waals surface area contributed by atoms with Gasteiger partial charge in [0, 0.05) is 0 Å². The molecule has 0 aromatic rings. The van der Waals surface area contributed by atoms with E-state index in [0.717, 1.165) is 0 Å². The molecule has 0 aliphatic carbocycles. The molecule has 0 saturated heterocycles. The Kier molecular flexibility index (Phi) is 2.58. The summed E-state index contributed by atoms with van der Waals surface area (Å²) in [5.74, 6) is 7.26. The van der Waals surface area contributed by atoms with Crippen molar-refractivity contribution in [3.63, 3.8) is 0 Å². The fraction of sp³-hybridized carbons (Fsp3) is 0. The number of rotatable bonds is 0. The van der Waals surface area contributed by atoms with E-state index in [0.29, 0.717) is 0 Å². The summed E-state index contributed by atoms with van der Waals surface area (Å²) in [6, 6.07) is 0. The highest BCUT2D eigenvalue weighted by molar-refractivity contribution is 7.78. The van der Waals surface area contributed by atoms with Gasteiger partial charge in [0.2, 0.25) is 0 Å². The van der Waals surface area contributed by atoms with Crippen LogP contribution in [0.1, 0.15) is 0 Å². The molecule has 0 aliphatic heterocycles. The van der Waals surface area contributed by atoms with Crippen molar-refractivity contribution in [3.05, 3.63) is 0 Å². The monoisotopic (exact) mass is 75.0 g/mol. The first-order chi connectivity index (χ1) is 1.91. The summed E-state index contributed by atoms with van der Waals surface area (Å²) < 4.78 is 2.61. The van der Waals surface area contributed by atoms with E-state index in [9.17, 15) is 0 Å². The maximum absolute atomic E-state index is 7.26. The minimum atomic E-state index is 2.23. The standard InChI is InChI=1S/HN3S/c1-2-3-4/h(H,2,4). The summed E-state index contributed by atoms with van der Waals surface area (Å²) in [4.78, 5) is 0. The van der Waals surface area contributed by atoms with E-state index >= 15 is 0 Å². The fourth-order valence-corrected chi connectivity index (χ4v) is 0. The lowest BCUT2D eigenvalue weighted by molar-refractivity contribution is 1.07. The van der Waals surface area contributed by atoms with Crippen LogP contribution in [0.2, 0.25) is 0 Å². The molecule has 0 heterocycles. The first-order valence-corrected chi connectivity index (χ1v) is 1.00. The number of nitrogens with zero attached hydrogens (tertiary/aromatic N) is 3. The van der Waals surface area contributed by atoms with E-state index in [1.165, 1.54) is 0 Å². The van der Waals surface area contributed by atoms with Crippen LogP contribution in [0.4, 0.5) is 0 Å². The lowest BCUT2D eigenvalue weighted by atomic mass is 12.8. The summed E-state index contributed by atoms with van der Waals surface area (Å²) >= 11 is 3.13. The first-order valence-electron chi connectivity index (χ1n) is 0.600. The van der Waals surface area contributed by atoms with Crippen LogP contribution in [0, 0.1) is 0 Å². The molecule has 0 N–H and O–H groups in total. The van der Waals surface area contributed by atoms with Gasteiger partial charge in [0.15, 0.2) is 0 Å². The van der Waals surface area contributed by atoms with Crippen molar-refractivity contribution in [1.29, 1.82) is 0 Å². The Hall–Kier alpha value is -0.250. The van der Waals surface area contributed by atoms with Gasteiger partial charge in [0.25, 0.3) is 0 Å². The Morgan fingerprint density at radius 2 is 2.00 bits per heavy atom. The zero-order chi connectivity index (χ0) is 3.41. The van der Waals surface area contributed by atoms with Crippen LogP contribution in [-0.4, -0.2) is 0 Å². The van der Waals surface area contributed by atoms with Crippen molar-refractivity contribution in [1.82, 2.24) is 5.84 Å². The first kappa shape index (κ1) is 3.75. The van der Waals surface area contributed by atoms with Crippen LogP contribution in [0.5, 0.6) is 0 Å². The van der Waals surface area contributed by atoms with Gasteiger partial charge in [-0.15, -0.1) is 0 Å². The zero-order valence-electron chi connectivity index (χ0n) is 1.79. The van der Waals surface area contributed by atoms with Crippen LogP contribution in [0.3, 0.4) is 0 Å².